The van der Waals surface area contributed by atoms with E-state index in [0.717, 1.165) is 50.2 Å². The van der Waals surface area contributed by atoms with Crippen molar-refractivity contribution in [2.45, 2.75) is 64.3 Å². The number of carbonyl (C=O) groups is 4. The predicted octanol–water partition coefficient (Wildman–Crippen LogP) is 3.12. The minimum absolute atomic E-state index is 0. The number of hydrogen-bond acceptors (Lipinski definition) is 9. The maximum absolute atomic E-state index is 14.1. The molecule has 2 aliphatic carbocycles. The van der Waals surface area contributed by atoms with E-state index in [1.807, 2.05) is 0 Å². The summed E-state index contributed by atoms with van der Waals surface area (Å²) in [6.45, 7) is 6.29. The average molecular weight is 608 g/mol. The molecule has 4 unspecified atom stereocenters. The fourth-order valence-electron chi connectivity index (χ4n) is 6.44. The van der Waals surface area contributed by atoms with Crippen LogP contribution < -0.4 is 9.64 Å². The molecule has 4 aliphatic rings. The van der Waals surface area contributed by atoms with Crippen LogP contribution in [0.2, 0.25) is 0 Å². The second-order valence-corrected chi connectivity index (χ2v) is 11.2. The highest BCUT2D eigenvalue weighted by Gasteiger charge is 2.56. The van der Waals surface area contributed by atoms with Crippen LogP contribution in [0, 0.1) is 17.7 Å². The third-order valence-corrected chi connectivity index (χ3v) is 8.38. The number of esters is 2. The van der Waals surface area contributed by atoms with Crippen molar-refractivity contribution in [3.05, 3.63) is 36.2 Å². The number of piperazine rings is 1. The van der Waals surface area contributed by atoms with E-state index in [1.165, 1.54) is 37.0 Å². The molecule has 0 radical (unpaired) electrons. The number of amides is 2. The Balaban J connectivity index is 0.00000405. The molecule has 5 rings (SSSR count). The summed E-state index contributed by atoms with van der Waals surface area (Å²) in [7, 11) is 0. The molecule has 42 heavy (non-hydrogen) atoms. The third kappa shape index (κ3) is 7.06. The monoisotopic (exact) mass is 607 g/mol. The van der Waals surface area contributed by atoms with E-state index in [-0.39, 0.29) is 30.9 Å². The Bertz CT molecular complexity index is 1160. The smallest absolute Gasteiger partial charge is 0.303 e. The number of anilines is 1. The zero-order chi connectivity index (χ0) is 29.1. The Hall–Kier alpha value is -3.18. The number of carbonyl (C=O) groups excluding carboxylic acids is 4. The largest absolute Gasteiger partial charge is 0.488 e. The maximum Gasteiger partial charge on any atom is 0.303 e. The normalized spacial score (nSPS) is 26.2. The lowest BCUT2D eigenvalue weighted by atomic mass is 9.81. The van der Waals surface area contributed by atoms with E-state index >= 15 is 0 Å². The van der Waals surface area contributed by atoms with Gasteiger partial charge < -0.3 is 19.1 Å². The van der Waals surface area contributed by atoms with Gasteiger partial charge in [-0.15, -0.1) is 12.4 Å². The molecule has 2 aliphatic heterocycles. The van der Waals surface area contributed by atoms with E-state index in [2.05, 4.69) is 9.80 Å². The van der Waals surface area contributed by atoms with Crippen LogP contribution in [0.3, 0.4) is 0 Å². The van der Waals surface area contributed by atoms with E-state index in [9.17, 15) is 23.6 Å². The number of hydrogen-bond donors (Lipinski definition) is 0. The van der Waals surface area contributed by atoms with Crippen molar-refractivity contribution in [3.63, 3.8) is 0 Å². The first-order chi connectivity index (χ1) is 19.7. The van der Waals surface area contributed by atoms with Gasteiger partial charge in [0.25, 0.3) is 0 Å². The van der Waals surface area contributed by atoms with Crippen molar-refractivity contribution in [3.8, 4) is 5.75 Å². The van der Waals surface area contributed by atoms with Gasteiger partial charge in [-0.1, -0.05) is 0 Å². The molecular formula is C30H39ClFN3O7. The van der Waals surface area contributed by atoms with Crippen molar-refractivity contribution < 1.29 is 37.8 Å². The molecule has 1 aromatic rings. The van der Waals surface area contributed by atoms with Gasteiger partial charge in [0.2, 0.25) is 11.8 Å². The van der Waals surface area contributed by atoms with E-state index in [4.69, 9.17) is 14.2 Å². The zero-order valence-corrected chi connectivity index (χ0v) is 24.9. The average Bonchev–Trinajstić information content (AvgIpc) is 3.53. The van der Waals surface area contributed by atoms with Crippen molar-refractivity contribution in [2.24, 2.45) is 11.8 Å². The van der Waals surface area contributed by atoms with Gasteiger partial charge in [-0.3, -0.25) is 29.0 Å². The van der Waals surface area contributed by atoms with E-state index in [0.29, 0.717) is 26.1 Å². The van der Waals surface area contributed by atoms with Gasteiger partial charge in [-0.25, -0.2) is 4.39 Å². The summed E-state index contributed by atoms with van der Waals surface area (Å²) >= 11 is 0. The summed E-state index contributed by atoms with van der Waals surface area (Å²) in [6.07, 6.45) is 6.40. The number of imide groups is 1. The maximum atomic E-state index is 14.1. The number of ether oxygens (including phenoxy) is 3. The van der Waals surface area contributed by atoms with Gasteiger partial charge >= 0.3 is 11.9 Å². The molecule has 1 saturated carbocycles. The number of halogens is 2. The Morgan fingerprint density at radius 3 is 2.00 bits per heavy atom. The van der Waals surface area contributed by atoms with Gasteiger partial charge in [0.05, 0.1) is 23.6 Å². The summed E-state index contributed by atoms with van der Waals surface area (Å²) in [5.74, 6) is -3.35. The second kappa shape index (κ2) is 13.9. The van der Waals surface area contributed by atoms with Gasteiger partial charge in [-0.2, -0.15) is 0 Å². The molecule has 0 bridgehead atoms. The van der Waals surface area contributed by atoms with Crippen molar-refractivity contribution in [1.82, 2.24) is 9.80 Å². The van der Waals surface area contributed by atoms with Crippen LogP contribution in [0.1, 0.15) is 46.0 Å². The van der Waals surface area contributed by atoms with Crippen molar-refractivity contribution in [1.29, 1.82) is 0 Å². The first-order valence-electron chi connectivity index (χ1n) is 14.5. The molecule has 12 heteroatoms. The quantitative estimate of drug-likeness (QED) is 0.238. The van der Waals surface area contributed by atoms with Gasteiger partial charge in [0.15, 0.2) is 0 Å². The summed E-state index contributed by atoms with van der Waals surface area (Å²) in [4.78, 5) is 55.5. The van der Waals surface area contributed by atoms with Crippen LogP contribution in [-0.2, 0) is 28.7 Å². The molecule has 10 nitrogen and oxygen atoms in total. The van der Waals surface area contributed by atoms with E-state index < -0.39 is 47.8 Å². The molecule has 1 aromatic carbocycles. The summed E-state index contributed by atoms with van der Waals surface area (Å²) < 4.78 is 31.0. The highest BCUT2D eigenvalue weighted by molar-refractivity contribution is 6.06. The minimum Gasteiger partial charge on any atom is -0.488 e. The molecule has 0 aromatic heterocycles. The standard InChI is InChI=1S/C30H38FN3O7.ClH/c1-19(35)39-25-10-11-26(40-20(2)36)28-27(25)29(37)34(30(28)38)13-5-12-32-14-16-33(17-15-32)23-18-21(31)8-9-24(23)41-22-6-3-4-7-22;/h8-11,18,22,25-28H,3-7,12-17H2,1-2H3;1H. The number of likely N-dealkylation sites (tertiary alicyclic amines) is 1. The third-order valence-electron chi connectivity index (χ3n) is 8.38. The highest BCUT2D eigenvalue weighted by Crippen LogP contribution is 2.39. The molecule has 4 atom stereocenters. The Morgan fingerprint density at radius 1 is 0.881 bits per heavy atom. The topological polar surface area (TPSA) is 106 Å². The first-order valence-corrected chi connectivity index (χ1v) is 14.5. The number of benzene rings is 1. The fourth-order valence-corrected chi connectivity index (χ4v) is 6.44. The van der Waals surface area contributed by atoms with Gasteiger partial charge in [-0.05, 0) is 62.9 Å². The Morgan fingerprint density at radius 2 is 1.45 bits per heavy atom. The predicted molar refractivity (Wildman–Crippen MR) is 154 cm³/mol. The molecule has 2 saturated heterocycles. The molecule has 0 N–H and O–H groups in total. The Kier molecular flexibility index (Phi) is 10.5. The Labute approximate surface area is 251 Å². The highest BCUT2D eigenvalue weighted by atomic mass is 35.5. The fraction of sp³-hybridized carbons (Fsp3) is 0.600. The number of nitrogens with zero attached hydrogens (tertiary/aromatic N) is 3. The van der Waals surface area contributed by atoms with Gasteiger partial charge in [0, 0.05) is 52.6 Å². The van der Waals surface area contributed by atoms with Crippen LogP contribution in [0.25, 0.3) is 0 Å². The summed E-state index contributed by atoms with van der Waals surface area (Å²) in [5, 5.41) is 0. The molecule has 2 amide bonds. The number of fused-ring (bicyclic) bond motifs is 1. The lowest BCUT2D eigenvalue weighted by Crippen LogP contribution is -2.47. The van der Waals surface area contributed by atoms with Crippen LogP contribution in [0.5, 0.6) is 5.75 Å². The van der Waals surface area contributed by atoms with Crippen LogP contribution in [-0.4, -0.2) is 91.1 Å². The summed E-state index contributed by atoms with van der Waals surface area (Å²) in [6, 6.07) is 4.72. The lowest BCUT2D eigenvalue weighted by molar-refractivity contribution is -0.157. The SMILES string of the molecule is CC(=O)OC1C=CC(OC(C)=O)C2C(=O)N(CCCN3CCN(c4cc(F)ccc4OC4CCCC4)CC3)C(=O)C12.Cl. The van der Waals surface area contributed by atoms with Crippen LogP contribution >= 0.6 is 12.4 Å². The molecule has 3 fully saturated rings. The van der Waals surface area contributed by atoms with Crippen molar-refractivity contribution in [2.75, 3.05) is 44.2 Å². The van der Waals surface area contributed by atoms with Crippen LogP contribution in [0.4, 0.5) is 10.1 Å². The van der Waals surface area contributed by atoms with Crippen LogP contribution in [0.15, 0.2) is 30.4 Å². The van der Waals surface area contributed by atoms with Crippen molar-refractivity contribution >= 4 is 41.8 Å². The molecule has 0 spiro atoms. The van der Waals surface area contributed by atoms with E-state index in [1.54, 1.807) is 12.1 Å². The first kappa shape index (κ1) is 31.7. The molecular weight excluding hydrogens is 569 g/mol. The summed E-state index contributed by atoms with van der Waals surface area (Å²) in [5.41, 5.74) is 0.783. The zero-order valence-electron chi connectivity index (χ0n) is 24.0. The minimum atomic E-state index is -0.920. The number of rotatable bonds is 9. The van der Waals surface area contributed by atoms with Gasteiger partial charge in [0.1, 0.15) is 23.8 Å². The second-order valence-electron chi connectivity index (χ2n) is 11.2. The molecule has 2 heterocycles. The lowest BCUT2D eigenvalue weighted by Gasteiger charge is -2.37. The molecule has 230 valence electrons.